The van der Waals surface area contributed by atoms with Crippen LogP contribution in [0.2, 0.25) is 0 Å². The normalized spacial score (nSPS) is 21.6. The standard InChI is InChI=1S/C23H20N6O3/c1-13(31)23-18-7-14(16-9-25-21(8-24)26-10-16)3-5-19(18)28(27-23)11-22(32)29-17-4-2-15(6-17)20(29)12-30/h3,5,7,9-10,12,15,17,20H,2,4,6,11H2,1H3. The summed E-state index contributed by atoms with van der Waals surface area (Å²) in [6.45, 7) is 1.41. The maximum absolute atomic E-state index is 13.1. The second-order valence-electron chi connectivity index (χ2n) is 8.36. The third-order valence-corrected chi connectivity index (χ3v) is 6.52. The van der Waals surface area contributed by atoms with Crippen molar-refractivity contribution in [2.45, 2.75) is 44.8 Å². The average Bonchev–Trinajstić information content (AvgIpc) is 3.52. The van der Waals surface area contributed by atoms with E-state index in [1.54, 1.807) is 22.0 Å². The lowest BCUT2D eigenvalue weighted by atomic mass is 10.00. The summed E-state index contributed by atoms with van der Waals surface area (Å²) in [4.78, 5) is 46.7. The molecule has 1 saturated carbocycles. The van der Waals surface area contributed by atoms with Gasteiger partial charge in [-0.05, 0) is 42.9 Å². The minimum Gasteiger partial charge on any atom is -0.328 e. The highest BCUT2D eigenvalue weighted by molar-refractivity contribution is 6.06. The minimum absolute atomic E-state index is 0.0311. The van der Waals surface area contributed by atoms with E-state index >= 15 is 0 Å². The number of ketones is 1. The maximum atomic E-state index is 13.1. The second kappa shape index (κ2) is 7.64. The third kappa shape index (κ3) is 3.15. The van der Waals surface area contributed by atoms with Crippen molar-refractivity contribution in [3.05, 3.63) is 42.1 Å². The lowest BCUT2D eigenvalue weighted by Gasteiger charge is -2.32. The Hall–Kier alpha value is -3.93. The van der Waals surface area contributed by atoms with E-state index in [4.69, 9.17) is 5.26 Å². The van der Waals surface area contributed by atoms with Gasteiger partial charge in [0.1, 0.15) is 24.6 Å². The van der Waals surface area contributed by atoms with Crippen LogP contribution in [0.5, 0.6) is 0 Å². The Morgan fingerprint density at radius 1 is 1.22 bits per heavy atom. The molecule has 1 aliphatic heterocycles. The predicted octanol–water partition coefficient (Wildman–Crippen LogP) is 2.15. The number of Topliss-reactive ketones (excluding diaryl/α,β-unsaturated/α-hetero) is 1. The van der Waals surface area contributed by atoms with Crippen molar-refractivity contribution < 1.29 is 14.4 Å². The molecular formula is C23H20N6O3. The van der Waals surface area contributed by atoms with Gasteiger partial charge in [-0.3, -0.25) is 14.3 Å². The van der Waals surface area contributed by atoms with Gasteiger partial charge in [0, 0.05) is 36.3 Å². The Morgan fingerprint density at radius 3 is 2.69 bits per heavy atom. The summed E-state index contributed by atoms with van der Waals surface area (Å²) in [7, 11) is 0. The van der Waals surface area contributed by atoms with Crippen molar-refractivity contribution in [3.8, 4) is 17.2 Å². The Labute approximate surface area is 183 Å². The van der Waals surface area contributed by atoms with Gasteiger partial charge >= 0.3 is 0 Å². The first-order valence-electron chi connectivity index (χ1n) is 10.5. The summed E-state index contributed by atoms with van der Waals surface area (Å²) < 4.78 is 1.54. The molecule has 160 valence electrons. The fraction of sp³-hybridized carbons (Fsp3) is 0.348. The molecule has 3 atom stereocenters. The summed E-state index contributed by atoms with van der Waals surface area (Å²) >= 11 is 0. The molecule has 3 aromatic rings. The molecule has 2 aromatic heterocycles. The Balaban J connectivity index is 1.50. The van der Waals surface area contributed by atoms with Gasteiger partial charge < -0.3 is 9.69 Å². The molecule has 0 radical (unpaired) electrons. The van der Waals surface area contributed by atoms with E-state index in [0.29, 0.717) is 16.5 Å². The quantitative estimate of drug-likeness (QED) is 0.451. The van der Waals surface area contributed by atoms with Crippen LogP contribution in [0.25, 0.3) is 22.0 Å². The number of nitriles is 1. The predicted molar refractivity (Wildman–Crippen MR) is 113 cm³/mol. The van der Waals surface area contributed by atoms with E-state index in [-0.39, 0.29) is 47.8 Å². The maximum Gasteiger partial charge on any atom is 0.245 e. The van der Waals surface area contributed by atoms with Gasteiger partial charge in [0.05, 0.1) is 11.6 Å². The van der Waals surface area contributed by atoms with Crippen molar-refractivity contribution >= 4 is 28.9 Å². The van der Waals surface area contributed by atoms with E-state index in [9.17, 15) is 14.4 Å². The first kappa shape index (κ1) is 20.0. The zero-order valence-corrected chi connectivity index (χ0v) is 17.4. The lowest BCUT2D eigenvalue weighted by molar-refractivity contribution is -0.139. The highest BCUT2D eigenvalue weighted by atomic mass is 16.2. The number of aromatic nitrogens is 4. The number of aldehydes is 1. The van der Waals surface area contributed by atoms with Crippen LogP contribution in [0.15, 0.2) is 30.6 Å². The average molecular weight is 428 g/mol. The molecule has 1 amide bonds. The summed E-state index contributed by atoms with van der Waals surface area (Å²) in [5, 5.41) is 13.9. The van der Waals surface area contributed by atoms with Gasteiger partial charge in [-0.1, -0.05) is 6.07 Å². The Kier molecular flexibility index (Phi) is 4.78. The molecule has 3 heterocycles. The van der Waals surface area contributed by atoms with Crippen LogP contribution >= 0.6 is 0 Å². The molecule has 1 aromatic carbocycles. The van der Waals surface area contributed by atoms with E-state index < -0.39 is 0 Å². The van der Waals surface area contributed by atoms with Gasteiger partial charge in [-0.2, -0.15) is 10.4 Å². The van der Waals surface area contributed by atoms with Crippen LogP contribution in [-0.2, 0) is 16.1 Å². The second-order valence-corrected chi connectivity index (χ2v) is 8.36. The van der Waals surface area contributed by atoms with Crippen LogP contribution < -0.4 is 0 Å². The number of benzene rings is 1. The number of carbonyl (C=O) groups excluding carboxylic acids is 3. The van der Waals surface area contributed by atoms with Crippen LogP contribution in [0.3, 0.4) is 0 Å². The minimum atomic E-state index is -0.363. The van der Waals surface area contributed by atoms with Gasteiger partial charge in [0.15, 0.2) is 5.78 Å². The molecule has 9 nitrogen and oxygen atoms in total. The summed E-state index contributed by atoms with van der Waals surface area (Å²) in [6.07, 6.45) is 6.78. The monoisotopic (exact) mass is 428 g/mol. The summed E-state index contributed by atoms with van der Waals surface area (Å²) in [5.74, 6) is -0.0329. The third-order valence-electron chi connectivity index (χ3n) is 6.52. The number of carbonyl (C=O) groups is 3. The number of piperidine rings is 1. The highest BCUT2D eigenvalue weighted by Crippen LogP contribution is 2.41. The van der Waals surface area contributed by atoms with Crippen molar-refractivity contribution in [2.24, 2.45) is 5.92 Å². The number of fused-ring (bicyclic) bond motifs is 3. The molecule has 2 aliphatic rings. The molecule has 0 N–H and O–H groups in total. The zero-order chi connectivity index (χ0) is 22.4. The molecule has 2 bridgehead atoms. The highest BCUT2D eigenvalue weighted by Gasteiger charge is 2.47. The smallest absolute Gasteiger partial charge is 0.245 e. The van der Waals surface area contributed by atoms with Crippen LogP contribution in [0.1, 0.15) is 42.5 Å². The first-order valence-corrected chi connectivity index (χ1v) is 10.5. The van der Waals surface area contributed by atoms with Crippen LogP contribution in [0.4, 0.5) is 0 Å². The van der Waals surface area contributed by atoms with Gasteiger partial charge in [0.2, 0.25) is 11.7 Å². The topological polar surface area (TPSA) is 122 Å². The molecule has 1 aliphatic carbocycles. The van der Waals surface area contributed by atoms with E-state index in [1.807, 2.05) is 24.3 Å². The Bertz CT molecular complexity index is 1290. The number of amides is 1. The fourth-order valence-electron chi connectivity index (χ4n) is 5.06. The number of rotatable bonds is 5. The molecule has 0 spiro atoms. The largest absolute Gasteiger partial charge is 0.328 e. The molecule has 3 unspecified atom stereocenters. The number of likely N-dealkylation sites (tertiary alicyclic amines) is 1. The van der Waals surface area contributed by atoms with Crippen LogP contribution in [0, 0.1) is 17.2 Å². The van der Waals surface area contributed by atoms with E-state index in [2.05, 4.69) is 15.1 Å². The summed E-state index contributed by atoms with van der Waals surface area (Å²) in [6, 6.07) is 7.10. The van der Waals surface area contributed by atoms with Gasteiger partial charge in [0.25, 0.3) is 0 Å². The molecule has 9 heteroatoms. The first-order chi connectivity index (χ1) is 15.5. The van der Waals surface area contributed by atoms with Crippen LogP contribution in [-0.4, -0.2) is 54.7 Å². The Morgan fingerprint density at radius 2 is 2.00 bits per heavy atom. The summed E-state index contributed by atoms with van der Waals surface area (Å²) in [5.41, 5.74) is 2.41. The van der Waals surface area contributed by atoms with Crippen molar-refractivity contribution in [3.63, 3.8) is 0 Å². The van der Waals surface area contributed by atoms with E-state index in [1.165, 1.54) is 6.92 Å². The fourth-order valence-corrected chi connectivity index (χ4v) is 5.06. The van der Waals surface area contributed by atoms with Gasteiger partial charge in [-0.15, -0.1) is 0 Å². The number of hydrogen-bond acceptors (Lipinski definition) is 7. The molecule has 5 rings (SSSR count). The number of nitrogens with zero attached hydrogens (tertiary/aromatic N) is 6. The van der Waals surface area contributed by atoms with Crippen molar-refractivity contribution in [1.29, 1.82) is 5.26 Å². The van der Waals surface area contributed by atoms with Gasteiger partial charge in [-0.25, -0.2) is 9.97 Å². The van der Waals surface area contributed by atoms with Crippen molar-refractivity contribution in [1.82, 2.24) is 24.6 Å². The molecule has 1 saturated heterocycles. The van der Waals surface area contributed by atoms with E-state index in [0.717, 1.165) is 31.1 Å². The zero-order valence-electron chi connectivity index (χ0n) is 17.4. The molecule has 2 fully saturated rings. The number of hydrogen-bond donors (Lipinski definition) is 0. The lowest BCUT2D eigenvalue weighted by Crippen LogP contribution is -2.47. The van der Waals surface area contributed by atoms with Crippen molar-refractivity contribution in [2.75, 3.05) is 0 Å². The molecular weight excluding hydrogens is 408 g/mol. The molecule has 32 heavy (non-hydrogen) atoms. The SMILES string of the molecule is CC(=O)c1nn(CC(=O)N2C3CCC(C3)C2C=O)c2ccc(-c3cnc(C#N)nc3)cc12.